The van der Waals surface area contributed by atoms with Crippen molar-refractivity contribution in [3.63, 3.8) is 0 Å². The summed E-state index contributed by atoms with van der Waals surface area (Å²) in [4.78, 5) is 0. The summed E-state index contributed by atoms with van der Waals surface area (Å²) < 4.78 is 17.8. The maximum Gasteiger partial charge on any atom is 0.504 e. The first kappa shape index (κ1) is 18.0. The number of hydrogen-bond donors (Lipinski definition) is 2. The Hall–Kier alpha value is 0.0169. The molecule has 0 rings (SSSR count). The third-order valence-corrected chi connectivity index (χ3v) is 6.44. The monoisotopic (exact) mass is 278 g/mol. The highest BCUT2D eigenvalue weighted by Gasteiger charge is 2.48. The van der Waals surface area contributed by atoms with E-state index in [0.717, 1.165) is 19.4 Å². The molecule has 110 valence electrons. The minimum Gasteiger partial charge on any atom is -0.374 e. The minimum absolute atomic E-state index is 0.273. The van der Waals surface area contributed by atoms with E-state index in [2.05, 4.69) is 5.32 Å². The highest BCUT2D eigenvalue weighted by Crippen LogP contribution is 2.31. The van der Waals surface area contributed by atoms with Crippen molar-refractivity contribution in [3.8, 4) is 0 Å². The van der Waals surface area contributed by atoms with E-state index in [1.165, 1.54) is 0 Å². The quantitative estimate of drug-likeness (QED) is 0.528. The molecule has 1 atom stereocenters. The second kappa shape index (κ2) is 10.9. The molecule has 0 aromatic rings. The van der Waals surface area contributed by atoms with Gasteiger partial charge in [-0.05, 0) is 53.8 Å². The smallest absolute Gasteiger partial charge is 0.374 e. The molecule has 0 amide bonds. The van der Waals surface area contributed by atoms with Gasteiger partial charge in [-0.3, -0.25) is 0 Å². The van der Waals surface area contributed by atoms with Gasteiger partial charge in [0, 0.05) is 25.4 Å². The van der Waals surface area contributed by atoms with Crippen LogP contribution in [-0.4, -0.2) is 48.8 Å². The first-order valence-corrected chi connectivity index (χ1v) is 8.77. The van der Waals surface area contributed by atoms with Crippen LogP contribution in [0.3, 0.4) is 0 Å². The lowest BCUT2D eigenvalue weighted by Crippen LogP contribution is -2.51. The molecular weight excluding hydrogens is 248 g/mol. The van der Waals surface area contributed by atoms with Gasteiger partial charge in [-0.15, -0.1) is 0 Å². The zero-order valence-electron chi connectivity index (χ0n) is 12.3. The Bertz CT molecular complexity index is 179. The molecule has 0 aliphatic rings. The van der Waals surface area contributed by atoms with Crippen LogP contribution in [-0.2, 0) is 13.3 Å². The van der Waals surface area contributed by atoms with Crippen molar-refractivity contribution >= 4 is 8.80 Å². The van der Waals surface area contributed by atoms with E-state index in [9.17, 15) is 0 Å². The van der Waals surface area contributed by atoms with E-state index in [0.29, 0.717) is 26.4 Å². The second-order valence-electron chi connectivity index (χ2n) is 4.07. The predicted octanol–water partition coefficient (Wildman–Crippen LogP) is 1.36. The van der Waals surface area contributed by atoms with Crippen LogP contribution >= 0.6 is 0 Å². The molecule has 6 heteroatoms. The Morgan fingerprint density at radius 3 is 1.83 bits per heavy atom. The fourth-order valence-corrected chi connectivity index (χ4v) is 5.28. The van der Waals surface area contributed by atoms with Crippen LogP contribution in [0.2, 0.25) is 5.54 Å². The van der Waals surface area contributed by atoms with Crippen LogP contribution in [0.25, 0.3) is 0 Å². The normalized spacial score (nSPS) is 13.8. The molecule has 0 heterocycles. The van der Waals surface area contributed by atoms with E-state index in [-0.39, 0.29) is 5.54 Å². The topological polar surface area (TPSA) is 65.7 Å². The summed E-state index contributed by atoms with van der Waals surface area (Å²) in [7, 11) is -0.654. The van der Waals surface area contributed by atoms with Crippen molar-refractivity contribution in [1.82, 2.24) is 5.32 Å². The predicted molar refractivity (Wildman–Crippen MR) is 76.6 cm³/mol. The Morgan fingerprint density at radius 2 is 1.50 bits per heavy atom. The molecule has 0 saturated carbocycles. The lowest BCUT2D eigenvalue weighted by atomic mass is 10.2. The van der Waals surface area contributed by atoms with Gasteiger partial charge in [-0.2, -0.15) is 0 Å². The molecule has 0 saturated heterocycles. The Labute approximate surface area is 113 Å². The van der Waals surface area contributed by atoms with E-state index in [1.54, 1.807) is 0 Å². The molecule has 3 N–H and O–H groups in total. The summed E-state index contributed by atoms with van der Waals surface area (Å²) >= 11 is 0. The van der Waals surface area contributed by atoms with Gasteiger partial charge in [0.2, 0.25) is 0 Å². The van der Waals surface area contributed by atoms with E-state index in [4.69, 9.17) is 19.0 Å². The first-order valence-electron chi connectivity index (χ1n) is 6.97. The van der Waals surface area contributed by atoms with Gasteiger partial charge in [-0.1, -0.05) is 0 Å². The van der Waals surface area contributed by atoms with Crippen LogP contribution < -0.4 is 11.1 Å². The third kappa shape index (κ3) is 5.77. The molecule has 0 fully saturated rings. The molecule has 0 aliphatic carbocycles. The lowest BCUT2D eigenvalue weighted by Gasteiger charge is -2.35. The van der Waals surface area contributed by atoms with Crippen LogP contribution in [0.1, 0.15) is 33.6 Å². The van der Waals surface area contributed by atoms with E-state index in [1.807, 2.05) is 27.8 Å². The highest BCUT2D eigenvalue weighted by molar-refractivity contribution is 6.62. The molecule has 0 bridgehead atoms. The fourth-order valence-electron chi connectivity index (χ4n) is 2.10. The lowest BCUT2D eigenvalue weighted by molar-refractivity contribution is 0.0589. The standard InChI is InChI=1S/C12H30N2O3Si/c1-5-15-18(16-6-2,17-7-3)12(8-10-13)9-11-14-4/h12,14H,5-11,13H2,1-4H3. The molecule has 18 heavy (non-hydrogen) atoms. The van der Waals surface area contributed by atoms with Crippen molar-refractivity contribution < 1.29 is 13.3 Å². The molecule has 1 unspecified atom stereocenters. The second-order valence-corrected chi connectivity index (χ2v) is 6.96. The minimum atomic E-state index is -2.60. The van der Waals surface area contributed by atoms with Crippen molar-refractivity contribution in [1.29, 1.82) is 0 Å². The van der Waals surface area contributed by atoms with Crippen LogP contribution in [0.5, 0.6) is 0 Å². The van der Waals surface area contributed by atoms with Gasteiger partial charge < -0.3 is 24.3 Å². The van der Waals surface area contributed by atoms with Crippen molar-refractivity contribution in [2.24, 2.45) is 5.73 Å². The van der Waals surface area contributed by atoms with E-state index >= 15 is 0 Å². The van der Waals surface area contributed by atoms with Crippen molar-refractivity contribution in [3.05, 3.63) is 0 Å². The number of nitrogens with two attached hydrogens (primary N) is 1. The van der Waals surface area contributed by atoms with Gasteiger partial charge in [0.05, 0.1) is 0 Å². The maximum atomic E-state index is 5.93. The average Bonchev–Trinajstić information content (AvgIpc) is 2.35. The molecule has 0 radical (unpaired) electrons. The van der Waals surface area contributed by atoms with Gasteiger partial charge >= 0.3 is 8.80 Å². The zero-order chi connectivity index (χ0) is 13.9. The van der Waals surface area contributed by atoms with Crippen molar-refractivity contribution in [2.45, 2.75) is 39.2 Å². The van der Waals surface area contributed by atoms with Gasteiger partial charge in [-0.25, -0.2) is 0 Å². The van der Waals surface area contributed by atoms with E-state index < -0.39 is 8.80 Å². The molecular formula is C12H30N2O3Si. The van der Waals surface area contributed by atoms with Crippen LogP contribution in [0.4, 0.5) is 0 Å². The summed E-state index contributed by atoms with van der Waals surface area (Å²) in [5.74, 6) is 0. The zero-order valence-corrected chi connectivity index (χ0v) is 13.3. The fraction of sp³-hybridized carbons (Fsp3) is 1.00. The Kier molecular flexibility index (Phi) is 10.9. The van der Waals surface area contributed by atoms with Gasteiger partial charge in [0.15, 0.2) is 0 Å². The summed E-state index contributed by atoms with van der Waals surface area (Å²) in [6.45, 7) is 9.36. The maximum absolute atomic E-state index is 5.93. The SMILES string of the molecule is CCO[Si](OCC)(OCC)C(CCN)CCNC. The third-order valence-electron chi connectivity index (χ3n) is 2.79. The van der Waals surface area contributed by atoms with Crippen LogP contribution in [0.15, 0.2) is 0 Å². The number of hydrogen-bond acceptors (Lipinski definition) is 5. The summed E-state index contributed by atoms with van der Waals surface area (Å²) in [6.07, 6.45) is 1.85. The Morgan fingerprint density at radius 1 is 1.00 bits per heavy atom. The number of nitrogens with one attached hydrogen (secondary N) is 1. The van der Waals surface area contributed by atoms with Crippen molar-refractivity contribution in [2.75, 3.05) is 40.0 Å². The Balaban J connectivity index is 4.88. The summed E-state index contributed by atoms with van der Waals surface area (Å²) in [6, 6.07) is 0. The highest BCUT2D eigenvalue weighted by atomic mass is 28.4. The van der Waals surface area contributed by atoms with Crippen LogP contribution in [0, 0.1) is 0 Å². The molecule has 0 aliphatic heterocycles. The molecule has 5 nitrogen and oxygen atoms in total. The molecule has 0 aromatic carbocycles. The summed E-state index contributed by atoms with van der Waals surface area (Å²) in [5, 5.41) is 3.17. The molecule has 0 spiro atoms. The summed E-state index contributed by atoms with van der Waals surface area (Å²) in [5.41, 5.74) is 5.99. The first-order chi connectivity index (χ1) is 8.70. The average molecular weight is 278 g/mol. The van der Waals surface area contributed by atoms with Gasteiger partial charge in [0.25, 0.3) is 0 Å². The molecule has 0 aromatic heterocycles. The van der Waals surface area contributed by atoms with Gasteiger partial charge in [0.1, 0.15) is 0 Å². The number of rotatable bonds is 12. The largest absolute Gasteiger partial charge is 0.504 e.